The molecule has 1 N–H and O–H groups in total. The van der Waals surface area contributed by atoms with Gasteiger partial charge in [0.15, 0.2) is 0 Å². The first-order chi connectivity index (χ1) is 5.31. The molecule has 0 bridgehead atoms. The summed E-state index contributed by atoms with van der Waals surface area (Å²) in [6, 6.07) is 0. The number of hydrogen-bond acceptors (Lipinski definition) is 3. The normalized spacial score (nSPS) is 7.36. The predicted molar refractivity (Wildman–Crippen MR) is 38.1 cm³/mol. The number of carbonyl (C=O) groups excluding carboxylic acids is 2. The number of ether oxygens (including phenoxy) is 1. The second-order valence-electron chi connectivity index (χ2n) is 1.57. The SMILES string of the molecule is COC(=O)C#CCCN[C]=O. The topological polar surface area (TPSA) is 55.4 Å². The van der Waals surface area contributed by atoms with Crippen LogP contribution in [0.5, 0.6) is 0 Å². The fraction of sp³-hybridized carbons (Fsp3) is 0.429. The van der Waals surface area contributed by atoms with E-state index in [1.165, 1.54) is 13.5 Å². The molecule has 0 unspecified atom stereocenters. The molecule has 0 rings (SSSR count). The maximum absolute atomic E-state index is 10.4. The Labute approximate surface area is 64.9 Å². The molecule has 0 spiro atoms. The summed E-state index contributed by atoms with van der Waals surface area (Å²) < 4.78 is 4.25. The van der Waals surface area contributed by atoms with Crippen molar-refractivity contribution in [3.63, 3.8) is 0 Å². The van der Waals surface area contributed by atoms with Crippen molar-refractivity contribution < 1.29 is 14.3 Å². The molecule has 1 amide bonds. The lowest BCUT2D eigenvalue weighted by molar-refractivity contribution is -0.133. The Morgan fingerprint density at radius 2 is 2.36 bits per heavy atom. The molecule has 0 aliphatic heterocycles. The van der Waals surface area contributed by atoms with Crippen molar-refractivity contribution in [2.24, 2.45) is 0 Å². The molecule has 0 aliphatic rings. The van der Waals surface area contributed by atoms with E-state index in [-0.39, 0.29) is 0 Å². The number of hydrogen-bond donors (Lipinski definition) is 1. The third-order valence-electron chi connectivity index (χ3n) is 0.823. The fourth-order valence-electron chi connectivity index (χ4n) is 0.362. The Bertz CT molecular complexity index is 190. The molecular formula is C7H8NO3. The van der Waals surface area contributed by atoms with E-state index in [9.17, 15) is 9.59 Å². The van der Waals surface area contributed by atoms with Gasteiger partial charge in [0, 0.05) is 18.9 Å². The minimum atomic E-state index is -0.569. The Balaban J connectivity index is 3.39. The highest BCUT2D eigenvalue weighted by Crippen LogP contribution is 1.72. The highest BCUT2D eigenvalue weighted by atomic mass is 16.5. The van der Waals surface area contributed by atoms with Crippen LogP contribution in [-0.2, 0) is 14.3 Å². The summed E-state index contributed by atoms with van der Waals surface area (Å²) in [7, 11) is 1.26. The van der Waals surface area contributed by atoms with E-state index in [1.54, 1.807) is 0 Å². The lowest BCUT2D eigenvalue weighted by Gasteiger charge is -1.87. The van der Waals surface area contributed by atoms with Gasteiger partial charge < -0.3 is 10.1 Å². The van der Waals surface area contributed by atoms with Gasteiger partial charge in [-0.1, -0.05) is 5.92 Å². The van der Waals surface area contributed by atoms with E-state index in [0.717, 1.165) is 0 Å². The molecule has 0 saturated carbocycles. The monoisotopic (exact) mass is 154 g/mol. The first kappa shape index (κ1) is 9.50. The molecule has 4 nitrogen and oxygen atoms in total. The molecule has 0 aromatic rings. The summed E-state index contributed by atoms with van der Waals surface area (Å²) in [5.74, 6) is 4.15. The zero-order valence-electron chi connectivity index (χ0n) is 6.14. The smallest absolute Gasteiger partial charge is 0.384 e. The van der Waals surface area contributed by atoms with Gasteiger partial charge in [-0.2, -0.15) is 0 Å². The fourth-order valence-corrected chi connectivity index (χ4v) is 0.362. The molecule has 0 heterocycles. The van der Waals surface area contributed by atoms with E-state index in [2.05, 4.69) is 21.9 Å². The van der Waals surface area contributed by atoms with Crippen LogP contribution in [0.1, 0.15) is 6.42 Å². The summed E-state index contributed by atoms with van der Waals surface area (Å²) in [6.07, 6.45) is 1.91. The highest BCUT2D eigenvalue weighted by Gasteiger charge is 1.87. The molecule has 0 aliphatic carbocycles. The number of carbonyl (C=O) groups is 1. The van der Waals surface area contributed by atoms with Gasteiger partial charge in [-0.05, 0) is 0 Å². The minimum Gasteiger partial charge on any atom is -0.459 e. The van der Waals surface area contributed by atoms with Crippen LogP contribution in [0, 0.1) is 11.8 Å². The summed E-state index contributed by atoms with van der Waals surface area (Å²) in [6.45, 7) is 0.396. The molecule has 0 atom stereocenters. The van der Waals surface area contributed by atoms with Crippen LogP contribution in [0.4, 0.5) is 0 Å². The van der Waals surface area contributed by atoms with Gasteiger partial charge in [-0.25, -0.2) is 4.79 Å². The van der Waals surface area contributed by atoms with Crippen molar-refractivity contribution >= 4 is 12.4 Å². The standard InChI is InChI=1S/C7H8NO3/c1-11-7(10)4-2-3-5-8-6-9/h3,5H2,1H3,(H,8,9). The average molecular weight is 154 g/mol. The van der Waals surface area contributed by atoms with E-state index in [4.69, 9.17) is 0 Å². The molecule has 0 fully saturated rings. The lowest BCUT2D eigenvalue weighted by atomic mass is 10.4. The molecule has 11 heavy (non-hydrogen) atoms. The van der Waals surface area contributed by atoms with Gasteiger partial charge in [-0.3, -0.25) is 4.79 Å². The first-order valence-corrected chi connectivity index (χ1v) is 2.98. The number of amides is 1. The van der Waals surface area contributed by atoms with Gasteiger partial charge in [-0.15, -0.1) is 0 Å². The van der Waals surface area contributed by atoms with E-state index >= 15 is 0 Å². The van der Waals surface area contributed by atoms with Gasteiger partial charge in [0.1, 0.15) is 0 Å². The quantitative estimate of drug-likeness (QED) is 0.190. The summed E-state index contributed by atoms with van der Waals surface area (Å²) >= 11 is 0. The summed E-state index contributed by atoms with van der Waals surface area (Å²) in [5, 5.41) is 2.28. The second-order valence-corrected chi connectivity index (χ2v) is 1.57. The van der Waals surface area contributed by atoms with Crippen LogP contribution in [0.25, 0.3) is 0 Å². The molecule has 59 valence electrons. The van der Waals surface area contributed by atoms with Crippen LogP contribution in [-0.4, -0.2) is 26.0 Å². The predicted octanol–water partition coefficient (Wildman–Crippen LogP) is -0.790. The maximum Gasteiger partial charge on any atom is 0.384 e. The average Bonchev–Trinajstić information content (AvgIpc) is 2.04. The van der Waals surface area contributed by atoms with Crippen molar-refractivity contribution in [3.8, 4) is 11.8 Å². The summed E-state index contributed by atoms with van der Waals surface area (Å²) in [4.78, 5) is 19.9. The van der Waals surface area contributed by atoms with Crippen LogP contribution in [0.2, 0.25) is 0 Å². The van der Waals surface area contributed by atoms with Crippen LogP contribution in [0.15, 0.2) is 0 Å². The van der Waals surface area contributed by atoms with Crippen molar-refractivity contribution in [2.75, 3.05) is 13.7 Å². The van der Waals surface area contributed by atoms with Crippen LogP contribution < -0.4 is 5.32 Å². The van der Waals surface area contributed by atoms with Crippen molar-refractivity contribution in [1.82, 2.24) is 5.32 Å². The Morgan fingerprint density at radius 3 is 2.91 bits per heavy atom. The van der Waals surface area contributed by atoms with Crippen LogP contribution >= 0.6 is 0 Å². The van der Waals surface area contributed by atoms with Crippen molar-refractivity contribution in [1.29, 1.82) is 0 Å². The zero-order chi connectivity index (χ0) is 8.53. The molecule has 4 heteroatoms. The highest BCUT2D eigenvalue weighted by molar-refractivity contribution is 5.88. The maximum atomic E-state index is 10.4. The third-order valence-corrected chi connectivity index (χ3v) is 0.823. The van der Waals surface area contributed by atoms with E-state index in [1.807, 2.05) is 0 Å². The van der Waals surface area contributed by atoms with Gasteiger partial charge in [0.05, 0.1) is 7.11 Å². The number of nitrogens with one attached hydrogen (secondary N) is 1. The largest absolute Gasteiger partial charge is 0.459 e. The Hall–Kier alpha value is -1.50. The number of rotatable bonds is 3. The molecule has 0 aromatic carbocycles. The number of esters is 1. The van der Waals surface area contributed by atoms with Crippen molar-refractivity contribution in [3.05, 3.63) is 0 Å². The van der Waals surface area contributed by atoms with Crippen LogP contribution in [0.3, 0.4) is 0 Å². The summed E-state index contributed by atoms with van der Waals surface area (Å²) in [5.41, 5.74) is 0. The first-order valence-electron chi connectivity index (χ1n) is 2.98. The van der Waals surface area contributed by atoms with Gasteiger partial charge >= 0.3 is 12.4 Å². The zero-order valence-corrected chi connectivity index (χ0v) is 6.14. The second kappa shape index (κ2) is 6.62. The molecule has 1 radical (unpaired) electrons. The van der Waals surface area contributed by atoms with Crippen molar-refractivity contribution in [2.45, 2.75) is 6.42 Å². The molecule has 0 aromatic heterocycles. The molecular weight excluding hydrogens is 146 g/mol. The van der Waals surface area contributed by atoms with E-state index in [0.29, 0.717) is 13.0 Å². The molecule has 0 saturated heterocycles. The minimum absolute atomic E-state index is 0.396. The third kappa shape index (κ3) is 6.38. The van der Waals surface area contributed by atoms with E-state index < -0.39 is 5.97 Å². The number of methoxy groups -OCH3 is 1. The van der Waals surface area contributed by atoms with Gasteiger partial charge in [0.25, 0.3) is 0 Å². The Kier molecular flexibility index (Phi) is 5.72. The van der Waals surface area contributed by atoms with Gasteiger partial charge in [0.2, 0.25) is 0 Å². The Morgan fingerprint density at radius 1 is 1.64 bits per heavy atom. The lowest BCUT2D eigenvalue weighted by Crippen LogP contribution is -2.11.